The molecule has 1 amide bonds. The molecule has 7 nitrogen and oxygen atoms in total. The Morgan fingerprint density at radius 3 is 2.76 bits per heavy atom. The third kappa shape index (κ3) is 3.38. The maximum absolute atomic E-state index is 12.8. The van der Waals surface area contributed by atoms with Gasteiger partial charge in [-0.3, -0.25) is 14.9 Å². The number of nitrogens with zero attached hydrogens (tertiary/aromatic N) is 1. The van der Waals surface area contributed by atoms with Gasteiger partial charge in [-0.1, -0.05) is 0 Å². The number of halogens is 1. The predicted octanol–water partition coefficient (Wildman–Crippen LogP) is -0.0747. The van der Waals surface area contributed by atoms with Gasteiger partial charge in [-0.2, -0.15) is 0 Å². The highest BCUT2D eigenvalue weighted by molar-refractivity contribution is 5.79. The largest absolute Gasteiger partial charge is 0.485 e. The summed E-state index contributed by atoms with van der Waals surface area (Å²) >= 11 is 0. The molecule has 17 heavy (non-hydrogen) atoms. The van der Waals surface area contributed by atoms with Crippen LogP contribution in [0.1, 0.15) is 0 Å². The maximum atomic E-state index is 12.8. The standard InChI is InChI=1S/C9H10FN3O4/c10-5-1-2-8(7(3-5)13(15)16)17-4-6(11)9(12)14/h1-3,6H,4,11H2,(H2,12,14). The van der Waals surface area contributed by atoms with E-state index in [2.05, 4.69) is 0 Å². The van der Waals surface area contributed by atoms with Gasteiger partial charge in [-0.05, 0) is 12.1 Å². The van der Waals surface area contributed by atoms with Gasteiger partial charge in [0, 0.05) is 0 Å². The first-order chi connectivity index (χ1) is 7.91. The number of nitro groups is 1. The Balaban J connectivity index is 2.84. The second-order valence-corrected chi connectivity index (χ2v) is 3.19. The molecule has 0 saturated heterocycles. The zero-order valence-electron chi connectivity index (χ0n) is 8.63. The van der Waals surface area contributed by atoms with Crippen molar-refractivity contribution in [3.05, 3.63) is 34.1 Å². The first-order valence-corrected chi connectivity index (χ1v) is 4.53. The fourth-order valence-corrected chi connectivity index (χ4v) is 1.02. The summed E-state index contributed by atoms with van der Waals surface area (Å²) in [6.07, 6.45) is 0. The molecule has 0 heterocycles. The fraction of sp³-hybridized carbons (Fsp3) is 0.222. The summed E-state index contributed by atoms with van der Waals surface area (Å²) in [7, 11) is 0. The highest BCUT2D eigenvalue weighted by atomic mass is 19.1. The van der Waals surface area contributed by atoms with E-state index in [0.717, 1.165) is 12.1 Å². The van der Waals surface area contributed by atoms with Crippen LogP contribution in [0.4, 0.5) is 10.1 Å². The Morgan fingerprint density at radius 2 is 2.24 bits per heavy atom. The van der Waals surface area contributed by atoms with E-state index in [0.29, 0.717) is 6.07 Å². The lowest BCUT2D eigenvalue weighted by molar-refractivity contribution is -0.386. The third-order valence-electron chi connectivity index (χ3n) is 1.90. The van der Waals surface area contributed by atoms with Crippen LogP contribution in [-0.4, -0.2) is 23.5 Å². The van der Waals surface area contributed by atoms with Crippen molar-refractivity contribution in [2.75, 3.05) is 6.61 Å². The molecule has 0 aliphatic heterocycles. The molecule has 1 unspecified atom stereocenters. The molecule has 1 atom stereocenters. The van der Waals surface area contributed by atoms with Crippen LogP contribution in [0.3, 0.4) is 0 Å². The number of carbonyl (C=O) groups excluding carboxylic acids is 1. The molecule has 1 aromatic carbocycles. The van der Waals surface area contributed by atoms with Crippen LogP contribution in [-0.2, 0) is 4.79 Å². The van der Waals surface area contributed by atoms with Crippen molar-refractivity contribution in [3.63, 3.8) is 0 Å². The van der Waals surface area contributed by atoms with Crippen LogP contribution in [0.15, 0.2) is 18.2 Å². The van der Waals surface area contributed by atoms with E-state index in [1.165, 1.54) is 0 Å². The third-order valence-corrected chi connectivity index (χ3v) is 1.90. The molecule has 4 N–H and O–H groups in total. The van der Waals surface area contributed by atoms with Crippen molar-refractivity contribution in [2.24, 2.45) is 11.5 Å². The van der Waals surface area contributed by atoms with Gasteiger partial charge in [0.1, 0.15) is 18.5 Å². The Labute approximate surface area is 95.3 Å². The Hall–Kier alpha value is -2.22. The summed E-state index contributed by atoms with van der Waals surface area (Å²) in [6.45, 7) is -0.318. The van der Waals surface area contributed by atoms with Crippen LogP contribution >= 0.6 is 0 Å². The van der Waals surface area contributed by atoms with E-state index in [-0.39, 0.29) is 12.4 Å². The first kappa shape index (κ1) is 12.8. The molecular formula is C9H10FN3O4. The molecule has 0 spiro atoms. The normalized spacial score (nSPS) is 11.9. The molecule has 0 aliphatic rings. The summed E-state index contributed by atoms with van der Waals surface area (Å²) < 4.78 is 17.7. The lowest BCUT2D eigenvalue weighted by Gasteiger charge is -2.09. The average Bonchev–Trinajstić information content (AvgIpc) is 2.26. The summed E-state index contributed by atoms with van der Waals surface area (Å²) in [4.78, 5) is 20.4. The number of amides is 1. The number of nitrogens with two attached hydrogens (primary N) is 2. The number of carbonyl (C=O) groups is 1. The number of hydrogen-bond acceptors (Lipinski definition) is 5. The van der Waals surface area contributed by atoms with Crippen molar-refractivity contribution in [2.45, 2.75) is 6.04 Å². The van der Waals surface area contributed by atoms with Crippen molar-refractivity contribution < 1.29 is 18.8 Å². The van der Waals surface area contributed by atoms with Crippen LogP contribution in [0.25, 0.3) is 0 Å². The first-order valence-electron chi connectivity index (χ1n) is 4.53. The van der Waals surface area contributed by atoms with Gasteiger partial charge in [0.15, 0.2) is 5.75 Å². The Bertz CT molecular complexity index is 452. The second kappa shape index (κ2) is 5.21. The maximum Gasteiger partial charge on any atom is 0.313 e. The van der Waals surface area contributed by atoms with Gasteiger partial charge in [-0.15, -0.1) is 0 Å². The van der Waals surface area contributed by atoms with Crippen molar-refractivity contribution in [1.29, 1.82) is 0 Å². The average molecular weight is 243 g/mol. The molecule has 92 valence electrons. The molecule has 0 aromatic heterocycles. The minimum Gasteiger partial charge on any atom is -0.485 e. The summed E-state index contributed by atoms with van der Waals surface area (Å²) in [5.74, 6) is -1.73. The van der Waals surface area contributed by atoms with Crippen molar-refractivity contribution in [1.82, 2.24) is 0 Å². The number of nitro benzene ring substituents is 1. The zero-order valence-corrected chi connectivity index (χ0v) is 8.63. The monoisotopic (exact) mass is 243 g/mol. The fourth-order valence-electron chi connectivity index (χ4n) is 1.02. The quantitative estimate of drug-likeness (QED) is 0.553. The minimum absolute atomic E-state index is 0.173. The SMILES string of the molecule is NC(=O)C(N)COc1ccc(F)cc1[N+](=O)[O-]. The van der Waals surface area contributed by atoms with Crippen LogP contribution < -0.4 is 16.2 Å². The van der Waals surface area contributed by atoms with Gasteiger partial charge in [0.2, 0.25) is 5.91 Å². The van der Waals surface area contributed by atoms with Gasteiger partial charge in [-0.25, -0.2) is 4.39 Å². The minimum atomic E-state index is -1.08. The zero-order chi connectivity index (χ0) is 13.0. The Kier molecular flexibility index (Phi) is 3.94. The lowest BCUT2D eigenvalue weighted by atomic mass is 10.3. The number of primary amides is 1. The predicted molar refractivity (Wildman–Crippen MR) is 55.7 cm³/mol. The van der Waals surface area contributed by atoms with E-state index in [1.54, 1.807) is 0 Å². The van der Waals surface area contributed by atoms with Gasteiger partial charge < -0.3 is 16.2 Å². The molecule has 0 bridgehead atoms. The number of hydrogen-bond donors (Lipinski definition) is 2. The van der Waals surface area contributed by atoms with Crippen LogP contribution in [0.2, 0.25) is 0 Å². The lowest BCUT2D eigenvalue weighted by Crippen LogP contribution is -2.41. The number of rotatable bonds is 5. The van der Waals surface area contributed by atoms with E-state index in [1.807, 2.05) is 0 Å². The highest BCUT2D eigenvalue weighted by Gasteiger charge is 2.18. The summed E-state index contributed by atoms with van der Waals surface area (Å²) in [5, 5.41) is 10.6. The van der Waals surface area contributed by atoms with Gasteiger partial charge in [0.25, 0.3) is 0 Å². The molecular weight excluding hydrogens is 233 g/mol. The second-order valence-electron chi connectivity index (χ2n) is 3.19. The summed E-state index contributed by atoms with van der Waals surface area (Å²) in [6, 6.07) is 1.71. The van der Waals surface area contributed by atoms with Gasteiger partial charge >= 0.3 is 5.69 Å². The van der Waals surface area contributed by atoms with Crippen LogP contribution in [0.5, 0.6) is 5.75 Å². The molecule has 8 heteroatoms. The van der Waals surface area contributed by atoms with E-state index in [4.69, 9.17) is 16.2 Å². The number of benzene rings is 1. The van der Waals surface area contributed by atoms with E-state index in [9.17, 15) is 19.3 Å². The van der Waals surface area contributed by atoms with Crippen molar-refractivity contribution >= 4 is 11.6 Å². The van der Waals surface area contributed by atoms with Crippen LogP contribution in [0, 0.1) is 15.9 Å². The van der Waals surface area contributed by atoms with E-state index >= 15 is 0 Å². The molecule has 0 aliphatic carbocycles. The molecule has 0 fully saturated rings. The molecule has 1 aromatic rings. The van der Waals surface area contributed by atoms with Gasteiger partial charge in [0.05, 0.1) is 11.0 Å². The summed E-state index contributed by atoms with van der Waals surface area (Å²) in [5.41, 5.74) is 9.62. The van der Waals surface area contributed by atoms with E-state index < -0.39 is 28.4 Å². The topological polar surface area (TPSA) is 121 Å². The molecule has 0 radical (unpaired) electrons. The molecule has 1 rings (SSSR count). The smallest absolute Gasteiger partial charge is 0.313 e. The Morgan fingerprint density at radius 1 is 1.59 bits per heavy atom. The number of ether oxygens (including phenoxy) is 1. The van der Waals surface area contributed by atoms with Crippen molar-refractivity contribution in [3.8, 4) is 5.75 Å². The highest BCUT2D eigenvalue weighted by Crippen LogP contribution is 2.27. The molecule has 0 saturated carbocycles.